The quantitative estimate of drug-likeness (QED) is 0.925. The molecule has 2 rings (SSSR count). The molecule has 1 aromatic heterocycles. The normalized spacial score (nSPS) is 10.4. The highest BCUT2D eigenvalue weighted by Crippen LogP contribution is 2.39. The van der Waals surface area contributed by atoms with Gasteiger partial charge in [0.15, 0.2) is 5.69 Å². The van der Waals surface area contributed by atoms with Crippen LogP contribution >= 0.6 is 15.9 Å². The fourth-order valence-corrected chi connectivity index (χ4v) is 2.51. The van der Waals surface area contributed by atoms with Crippen LogP contribution in [0.5, 0.6) is 11.5 Å². The second-order valence-electron chi connectivity index (χ2n) is 4.03. The van der Waals surface area contributed by atoms with Gasteiger partial charge in [-0.1, -0.05) is 0 Å². The second kappa shape index (κ2) is 5.54. The maximum atomic E-state index is 11.0. The Morgan fingerprint density at radius 3 is 2.50 bits per heavy atom. The Bertz CT molecular complexity index is 667. The number of rotatable bonds is 4. The molecule has 0 aliphatic carbocycles. The average molecular weight is 341 g/mol. The number of hydrogen-bond donors (Lipinski definition) is 1. The van der Waals surface area contributed by atoms with E-state index in [1.54, 1.807) is 33.4 Å². The van der Waals surface area contributed by atoms with E-state index in [9.17, 15) is 4.79 Å². The summed E-state index contributed by atoms with van der Waals surface area (Å²) in [6, 6.07) is 5.04. The lowest BCUT2D eigenvalue weighted by Crippen LogP contribution is -2.00. The van der Waals surface area contributed by atoms with Crippen molar-refractivity contribution in [2.75, 3.05) is 14.2 Å². The molecular formula is C13H13BrN2O4. The number of aromatic nitrogens is 2. The maximum Gasteiger partial charge on any atom is 0.356 e. The molecule has 0 radical (unpaired) electrons. The van der Waals surface area contributed by atoms with Crippen molar-refractivity contribution in [1.29, 1.82) is 0 Å². The Kier molecular flexibility index (Phi) is 3.99. The fourth-order valence-electron chi connectivity index (χ4n) is 1.91. The average Bonchev–Trinajstić information content (AvgIpc) is 2.80. The summed E-state index contributed by atoms with van der Waals surface area (Å²) < 4.78 is 12.8. The minimum absolute atomic E-state index is 0.0245. The number of benzene rings is 1. The molecule has 1 heterocycles. The van der Waals surface area contributed by atoms with Gasteiger partial charge in [-0.25, -0.2) is 4.79 Å². The lowest BCUT2D eigenvalue weighted by molar-refractivity contribution is 0.0689. The van der Waals surface area contributed by atoms with Gasteiger partial charge in [-0.15, -0.1) is 0 Å². The number of carbonyl (C=O) groups is 1. The first kappa shape index (κ1) is 14.4. The van der Waals surface area contributed by atoms with Crippen LogP contribution in [0.15, 0.2) is 22.7 Å². The molecule has 106 valence electrons. The van der Waals surface area contributed by atoms with Gasteiger partial charge < -0.3 is 14.6 Å². The van der Waals surface area contributed by atoms with Crippen molar-refractivity contribution in [1.82, 2.24) is 9.78 Å². The first-order chi connectivity index (χ1) is 9.47. The van der Waals surface area contributed by atoms with Crippen LogP contribution in [0, 0.1) is 0 Å². The van der Waals surface area contributed by atoms with Gasteiger partial charge in [0.2, 0.25) is 0 Å². The number of ether oxygens (including phenoxy) is 2. The van der Waals surface area contributed by atoms with Gasteiger partial charge in [0.25, 0.3) is 0 Å². The van der Waals surface area contributed by atoms with Crippen molar-refractivity contribution in [3.05, 3.63) is 28.4 Å². The van der Waals surface area contributed by atoms with Crippen LogP contribution in [0.4, 0.5) is 0 Å². The highest BCUT2D eigenvalue weighted by atomic mass is 79.9. The number of carboxylic acid groups (broad SMARTS) is 1. The summed E-state index contributed by atoms with van der Waals surface area (Å²) in [6.45, 7) is 0. The summed E-state index contributed by atoms with van der Waals surface area (Å²) >= 11 is 3.41. The standard InChI is InChI=1S/C13H13BrN2O4/c1-16-11(6-10(15-16)13(17)18)8-4-7(19-2)5-9(14)12(8)20-3/h4-6H,1-3H3,(H,17,18). The number of nitrogens with zero attached hydrogens (tertiary/aromatic N) is 2. The van der Waals surface area contributed by atoms with E-state index >= 15 is 0 Å². The van der Waals surface area contributed by atoms with E-state index in [2.05, 4.69) is 21.0 Å². The van der Waals surface area contributed by atoms with E-state index in [0.717, 1.165) is 0 Å². The highest BCUT2D eigenvalue weighted by Gasteiger charge is 2.18. The molecule has 0 aliphatic rings. The predicted molar refractivity (Wildman–Crippen MR) is 76.4 cm³/mol. The molecule has 1 aromatic carbocycles. The van der Waals surface area contributed by atoms with Crippen molar-refractivity contribution in [2.24, 2.45) is 7.05 Å². The van der Waals surface area contributed by atoms with Gasteiger partial charge >= 0.3 is 5.97 Å². The Hall–Kier alpha value is -2.02. The number of carboxylic acids is 1. The van der Waals surface area contributed by atoms with Gasteiger partial charge in [0.1, 0.15) is 11.5 Å². The molecule has 0 aliphatic heterocycles. The molecule has 0 spiro atoms. The monoisotopic (exact) mass is 340 g/mol. The van der Waals surface area contributed by atoms with Crippen LogP contribution in [-0.4, -0.2) is 35.1 Å². The lowest BCUT2D eigenvalue weighted by atomic mass is 10.1. The Balaban J connectivity index is 2.67. The van der Waals surface area contributed by atoms with E-state index < -0.39 is 5.97 Å². The molecule has 6 nitrogen and oxygen atoms in total. The smallest absolute Gasteiger partial charge is 0.356 e. The van der Waals surface area contributed by atoms with Crippen LogP contribution in [0.3, 0.4) is 0 Å². The Morgan fingerprint density at radius 1 is 1.30 bits per heavy atom. The van der Waals surface area contributed by atoms with Crippen molar-refractivity contribution in [3.63, 3.8) is 0 Å². The van der Waals surface area contributed by atoms with Gasteiger partial charge in [0.05, 0.1) is 24.4 Å². The van der Waals surface area contributed by atoms with Crippen molar-refractivity contribution < 1.29 is 19.4 Å². The number of aromatic carboxylic acids is 1. The Morgan fingerprint density at radius 2 is 2.00 bits per heavy atom. The molecule has 0 saturated carbocycles. The maximum absolute atomic E-state index is 11.0. The summed E-state index contributed by atoms with van der Waals surface area (Å²) in [5.74, 6) is 0.143. The number of methoxy groups -OCH3 is 2. The summed E-state index contributed by atoms with van der Waals surface area (Å²) in [4.78, 5) is 11.0. The SMILES string of the molecule is COc1cc(Br)c(OC)c(-c2cc(C(=O)O)nn2C)c1. The third kappa shape index (κ3) is 2.49. The number of aryl methyl sites for hydroxylation is 1. The van der Waals surface area contributed by atoms with Crippen molar-refractivity contribution in [3.8, 4) is 22.8 Å². The van der Waals surface area contributed by atoms with Gasteiger partial charge in [-0.2, -0.15) is 5.10 Å². The molecule has 0 bridgehead atoms. The molecule has 0 amide bonds. The van der Waals surface area contributed by atoms with E-state index in [4.69, 9.17) is 14.6 Å². The zero-order valence-corrected chi connectivity index (χ0v) is 12.8. The largest absolute Gasteiger partial charge is 0.497 e. The first-order valence-corrected chi connectivity index (χ1v) is 6.46. The molecule has 0 fully saturated rings. The zero-order valence-electron chi connectivity index (χ0n) is 11.2. The van der Waals surface area contributed by atoms with E-state index in [1.807, 2.05) is 0 Å². The first-order valence-electron chi connectivity index (χ1n) is 5.67. The summed E-state index contributed by atoms with van der Waals surface area (Å²) in [7, 11) is 4.78. The molecular weight excluding hydrogens is 328 g/mol. The van der Waals surface area contributed by atoms with Gasteiger partial charge in [0, 0.05) is 12.6 Å². The third-order valence-electron chi connectivity index (χ3n) is 2.83. The van der Waals surface area contributed by atoms with E-state index in [-0.39, 0.29) is 5.69 Å². The third-order valence-corrected chi connectivity index (χ3v) is 3.42. The summed E-state index contributed by atoms with van der Waals surface area (Å²) in [5, 5.41) is 13.0. The van der Waals surface area contributed by atoms with E-state index in [1.165, 1.54) is 10.7 Å². The molecule has 7 heteroatoms. The van der Waals surface area contributed by atoms with Crippen LogP contribution in [-0.2, 0) is 7.05 Å². The van der Waals surface area contributed by atoms with Crippen LogP contribution in [0.1, 0.15) is 10.5 Å². The fraction of sp³-hybridized carbons (Fsp3) is 0.231. The summed E-state index contributed by atoms with van der Waals surface area (Å²) in [6.07, 6.45) is 0. The zero-order chi connectivity index (χ0) is 14.9. The van der Waals surface area contributed by atoms with Crippen molar-refractivity contribution in [2.45, 2.75) is 0 Å². The predicted octanol–water partition coefficient (Wildman–Crippen LogP) is 2.57. The molecule has 2 aromatic rings. The second-order valence-corrected chi connectivity index (χ2v) is 4.89. The molecule has 1 N–H and O–H groups in total. The number of hydrogen-bond acceptors (Lipinski definition) is 4. The van der Waals surface area contributed by atoms with Gasteiger partial charge in [-0.05, 0) is 34.1 Å². The molecule has 0 saturated heterocycles. The molecule has 20 heavy (non-hydrogen) atoms. The Labute approximate surface area is 124 Å². The summed E-state index contributed by atoms with van der Waals surface area (Å²) in [5.41, 5.74) is 1.29. The number of halogens is 1. The van der Waals surface area contributed by atoms with Crippen LogP contribution < -0.4 is 9.47 Å². The molecule has 0 atom stereocenters. The topological polar surface area (TPSA) is 73.6 Å². The van der Waals surface area contributed by atoms with Gasteiger partial charge in [-0.3, -0.25) is 4.68 Å². The minimum atomic E-state index is -1.08. The van der Waals surface area contributed by atoms with Crippen LogP contribution in [0.25, 0.3) is 11.3 Å². The minimum Gasteiger partial charge on any atom is -0.497 e. The molecule has 0 unspecified atom stereocenters. The van der Waals surface area contributed by atoms with Crippen LogP contribution in [0.2, 0.25) is 0 Å². The highest BCUT2D eigenvalue weighted by molar-refractivity contribution is 9.10. The van der Waals surface area contributed by atoms with E-state index in [0.29, 0.717) is 27.2 Å². The lowest BCUT2D eigenvalue weighted by Gasteiger charge is -2.12. The van der Waals surface area contributed by atoms with Crippen molar-refractivity contribution >= 4 is 21.9 Å².